The Balaban J connectivity index is 1.57. The molecule has 0 atom stereocenters. The van der Waals surface area contributed by atoms with Crippen molar-refractivity contribution in [1.82, 2.24) is 10.7 Å². The molecule has 3 aromatic rings. The predicted octanol–water partition coefficient (Wildman–Crippen LogP) is 4.20. The van der Waals surface area contributed by atoms with Crippen LogP contribution in [0.1, 0.15) is 26.3 Å². The van der Waals surface area contributed by atoms with E-state index in [0.717, 1.165) is 4.47 Å². The van der Waals surface area contributed by atoms with Crippen LogP contribution in [0, 0.1) is 0 Å². The van der Waals surface area contributed by atoms with Crippen LogP contribution in [0.25, 0.3) is 0 Å². The van der Waals surface area contributed by atoms with Crippen LogP contribution in [0.5, 0.6) is 5.75 Å². The maximum atomic E-state index is 12.3. The van der Waals surface area contributed by atoms with E-state index >= 15 is 0 Å². The fourth-order valence-corrected chi connectivity index (χ4v) is 3.03. The summed E-state index contributed by atoms with van der Waals surface area (Å²) in [5.41, 5.74) is 3.57. The molecule has 0 spiro atoms. The third-order valence-corrected chi connectivity index (χ3v) is 4.84. The zero-order chi connectivity index (χ0) is 22.9. The number of carbonyl (C=O) groups is 3. The van der Waals surface area contributed by atoms with Gasteiger partial charge in [-0.25, -0.2) is 10.2 Å². The van der Waals surface area contributed by atoms with Gasteiger partial charge in [0.1, 0.15) is 5.75 Å². The summed E-state index contributed by atoms with van der Waals surface area (Å²) in [6.07, 6.45) is 1.34. The molecule has 3 rings (SSSR count). The van der Waals surface area contributed by atoms with E-state index in [-0.39, 0.29) is 12.3 Å². The molecule has 0 aliphatic rings. The number of benzene rings is 3. The van der Waals surface area contributed by atoms with Gasteiger partial charge in [0.15, 0.2) is 0 Å². The van der Waals surface area contributed by atoms with Crippen LogP contribution in [0.3, 0.4) is 0 Å². The number of hydrogen-bond acceptors (Lipinski definition) is 5. The van der Waals surface area contributed by atoms with E-state index in [9.17, 15) is 14.4 Å². The molecule has 0 aliphatic heterocycles. The lowest BCUT2D eigenvalue weighted by molar-refractivity contribution is -0.120. The lowest BCUT2D eigenvalue weighted by atomic mass is 10.2. The summed E-state index contributed by atoms with van der Waals surface area (Å²) in [7, 11) is 0. The summed E-state index contributed by atoms with van der Waals surface area (Å²) in [5.74, 6) is -1.18. The van der Waals surface area contributed by atoms with Gasteiger partial charge in [-0.1, -0.05) is 45.7 Å². The molecule has 9 heteroatoms. The molecule has 0 saturated carbocycles. The summed E-state index contributed by atoms with van der Waals surface area (Å²) in [6.45, 7) is -0.271. The third-order valence-electron chi connectivity index (χ3n) is 4.09. The van der Waals surface area contributed by atoms with Gasteiger partial charge >= 0.3 is 5.97 Å². The number of amides is 2. The van der Waals surface area contributed by atoms with Gasteiger partial charge < -0.3 is 10.1 Å². The summed E-state index contributed by atoms with van der Waals surface area (Å²) in [5, 5.41) is 6.88. The topological polar surface area (TPSA) is 96.9 Å². The Labute approximate surface area is 197 Å². The number of ether oxygens (including phenoxy) is 1. The fraction of sp³-hybridized carbons (Fsp3) is 0.0435. The van der Waals surface area contributed by atoms with Crippen LogP contribution in [0.2, 0.25) is 5.02 Å². The number of hydrogen-bond donors (Lipinski definition) is 2. The van der Waals surface area contributed by atoms with Crippen LogP contribution >= 0.6 is 27.5 Å². The van der Waals surface area contributed by atoms with Crippen LogP contribution < -0.4 is 15.5 Å². The molecule has 2 amide bonds. The molecular weight excluding hydrogens is 498 g/mol. The molecular formula is C23H17BrClN3O4. The van der Waals surface area contributed by atoms with Gasteiger partial charge in [0.05, 0.1) is 18.3 Å². The van der Waals surface area contributed by atoms with Crippen molar-refractivity contribution in [1.29, 1.82) is 0 Å². The molecule has 162 valence electrons. The number of halogens is 2. The highest BCUT2D eigenvalue weighted by Gasteiger charge is 2.11. The quantitative estimate of drug-likeness (QED) is 0.214. The van der Waals surface area contributed by atoms with Crippen molar-refractivity contribution >= 4 is 51.5 Å². The molecule has 0 aromatic heterocycles. The number of hydrazone groups is 1. The number of esters is 1. The molecule has 2 N–H and O–H groups in total. The molecule has 3 aromatic carbocycles. The van der Waals surface area contributed by atoms with Crippen molar-refractivity contribution in [2.75, 3.05) is 6.54 Å². The van der Waals surface area contributed by atoms with E-state index in [2.05, 4.69) is 31.8 Å². The van der Waals surface area contributed by atoms with Gasteiger partial charge in [0.2, 0.25) is 0 Å². The Bertz CT molecular complexity index is 1150. The molecule has 0 bridgehead atoms. The highest BCUT2D eigenvalue weighted by atomic mass is 79.9. The highest BCUT2D eigenvalue weighted by molar-refractivity contribution is 9.10. The predicted molar refractivity (Wildman–Crippen MR) is 125 cm³/mol. The maximum Gasteiger partial charge on any atom is 0.343 e. The Morgan fingerprint density at radius 1 is 0.969 bits per heavy atom. The molecule has 0 fully saturated rings. The first kappa shape index (κ1) is 23.2. The first-order chi connectivity index (χ1) is 15.4. The SMILES string of the molecule is O=C(CNC(=O)c1ccc(Cl)cc1)N/N=C\c1cc(Br)ccc1OC(=O)c1ccccc1. The molecule has 7 nitrogen and oxygen atoms in total. The summed E-state index contributed by atoms with van der Waals surface area (Å²) in [4.78, 5) is 36.3. The van der Waals surface area contributed by atoms with Gasteiger partial charge in [0, 0.05) is 20.6 Å². The lowest BCUT2D eigenvalue weighted by Crippen LogP contribution is -2.34. The van der Waals surface area contributed by atoms with Gasteiger partial charge in [-0.15, -0.1) is 0 Å². The average Bonchev–Trinajstić information content (AvgIpc) is 2.80. The molecule has 0 unspecified atom stereocenters. The van der Waals surface area contributed by atoms with Crippen LogP contribution in [0.15, 0.2) is 82.4 Å². The molecule has 0 saturated heterocycles. The van der Waals surface area contributed by atoms with Gasteiger partial charge in [-0.2, -0.15) is 5.10 Å². The van der Waals surface area contributed by atoms with Crippen molar-refractivity contribution in [3.8, 4) is 5.75 Å². The van der Waals surface area contributed by atoms with E-state index in [4.69, 9.17) is 16.3 Å². The van der Waals surface area contributed by atoms with E-state index < -0.39 is 17.8 Å². The number of rotatable bonds is 7. The average molecular weight is 515 g/mol. The smallest absolute Gasteiger partial charge is 0.343 e. The number of nitrogens with one attached hydrogen (secondary N) is 2. The van der Waals surface area contributed by atoms with Crippen molar-refractivity contribution in [3.63, 3.8) is 0 Å². The normalized spacial score (nSPS) is 10.6. The zero-order valence-electron chi connectivity index (χ0n) is 16.5. The summed E-state index contributed by atoms with van der Waals surface area (Å²) < 4.78 is 6.19. The van der Waals surface area contributed by atoms with Crippen molar-refractivity contribution in [3.05, 3.63) is 99.0 Å². The minimum atomic E-state index is -0.526. The first-order valence-electron chi connectivity index (χ1n) is 9.35. The van der Waals surface area contributed by atoms with Gasteiger partial charge in [-0.3, -0.25) is 9.59 Å². The second-order valence-corrected chi connectivity index (χ2v) is 7.77. The molecule has 0 aliphatic carbocycles. The fourth-order valence-electron chi connectivity index (χ4n) is 2.52. The largest absolute Gasteiger partial charge is 0.422 e. The van der Waals surface area contributed by atoms with Crippen LogP contribution in [-0.2, 0) is 4.79 Å². The highest BCUT2D eigenvalue weighted by Crippen LogP contribution is 2.23. The maximum absolute atomic E-state index is 12.3. The number of carbonyl (C=O) groups excluding carboxylic acids is 3. The second kappa shape index (κ2) is 11.2. The lowest BCUT2D eigenvalue weighted by Gasteiger charge is -2.08. The Morgan fingerprint density at radius 3 is 2.41 bits per heavy atom. The minimum absolute atomic E-state index is 0.271. The van der Waals surface area contributed by atoms with Crippen molar-refractivity contribution in [2.45, 2.75) is 0 Å². The van der Waals surface area contributed by atoms with Gasteiger partial charge in [0.25, 0.3) is 11.8 Å². The minimum Gasteiger partial charge on any atom is -0.422 e. The van der Waals surface area contributed by atoms with E-state index in [1.165, 1.54) is 6.21 Å². The first-order valence-corrected chi connectivity index (χ1v) is 10.5. The third kappa shape index (κ3) is 6.76. The van der Waals surface area contributed by atoms with Crippen LogP contribution in [0.4, 0.5) is 0 Å². The zero-order valence-corrected chi connectivity index (χ0v) is 18.9. The number of nitrogens with zero attached hydrogens (tertiary/aromatic N) is 1. The Hall–Kier alpha value is -3.49. The molecule has 32 heavy (non-hydrogen) atoms. The second-order valence-electron chi connectivity index (χ2n) is 6.42. The standard InChI is InChI=1S/C23H17BrClN3O4/c24-18-8-11-20(32-23(31)16-4-2-1-3-5-16)17(12-18)13-27-28-21(29)14-26-22(30)15-6-9-19(25)10-7-15/h1-13H,14H2,(H,26,30)(H,28,29)/b27-13-. The summed E-state index contributed by atoms with van der Waals surface area (Å²) >= 11 is 9.14. The van der Waals surface area contributed by atoms with E-state index in [1.807, 2.05) is 0 Å². The molecule has 0 heterocycles. The van der Waals surface area contributed by atoms with Crippen molar-refractivity contribution in [2.24, 2.45) is 5.10 Å². The van der Waals surface area contributed by atoms with E-state index in [0.29, 0.717) is 21.7 Å². The monoisotopic (exact) mass is 513 g/mol. The van der Waals surface area contributed by atoms with Crippen molar-refractivity contribution < 1.29 is 19.1 Å². The van der Waals surface area contributed by atoms with E-state index in [1.54, 1.807) is 72.8 Å². The van der Waals surface area contributed by atoms with Gasteiger partial charge in [-0.05, 0) is 54.6 Å². The Morgan fingerprint density at radius 2 is 1.69 bits per heavy atom. The summed E-state index contributed by atoms with van der Waals surface area (Å²) in [6, 6.07) is 19.9. The Kier molecular flexibility index (Phi) is 8.13. The molecule has 0 radical (unpaired) electrons. The van der Waals surface area contributed by atoms with Crippen LogP contribution in [-0.4, -0.2) is 30.5 Å².